The summed E-state index contributed by atoms with van der Waals surface area (Å²) in [6.07, 6.45) is 1.62. The third-order valence-electron chi connectivity index (χ3n) is 3.83. The largest absolute Gasteiger partial charge is 0.444 e. The highest BCUT2D eigenvalue weighted by Crippen LogP contribution is 2.19. The van der Waals surface area contributed by atoms with Gasteiger partial charge in [-0.25, -0.2) is 9.98 Å². The van der Waals surface area contributed by atoms with Crippen LogP contribution in [0.1, 0.15) is 39.0 Å². The van der Waals surface area contributed by atoms with Gasteiger partial charge in [0.15, 0.2) is 5.96 Å². The molecule has 0 spiro atoms. The molecule has 1 aromatic heterocycles. The zero-order valence-electron chi connectivity index (χ0n) is 17.7. The van der Waals surface area contributed by atoms with Gasteiger partial charge in [-0.15, -0.1) is 0 Å². The van der Waals surface area contributed by atoms with Crippen LogP contribution in [0.5, 0.6) is 0 Å². The van der Waals surface area contributed by atoms with Crippen molar-refractivity contribution < 1.29 is 9.21 Å². The molecule has 1 amide bonds. The Morgan fingerprint density at radius 3 is 2.54 bits per heavy atom. The van der Waals surface area contributed by atoms with E-state index in [4.69, 9.17) is 4.42 Å². The van der Waals surface area contributed by atoms with E-state index in [1.54, 1.807) is 11.2 Å². The number of oxazole rings is 1. The standard InChI is InChI=1S/C21H31N5O2/c1-7-22-20(26(6)13-18(27)25-21(3,4)5)23-12-17-14-28-19(24-17)16-10-8-15(2)9-11-16/h8-11,14H,7,12-13H2,1-6H3,(H,22,23)(H,25,27). The molecule has 1 heterocycles. The number of aryl methyl sites for hydroxylation is 1. The number of benzene rings is 1. The van der Waals surface area contributed by atoms with Crippen LogP contribution in [0, 0.1) is 6.92 Å². The summed E-state index contributed by atoms with van der Waals surface area (Å²) < 4.78 is 5.58. The number of nitrogens with one attached hydrogen (secondary N) is 2. The maximum atomic E-state index is 12.2. The van der Waals surface area contributed by atoms with Gasteiger partial charge < -0.3 is 20.0 Å². The molecule has 0 bridgehead atoms. The van der Waals surface area contributed by atoms with Crippen molar-refractivity contribution in [3.05, 3.63) is 41.8 Å². The highest BCUT2D eigenvalue weighted by molar-refractivity contribution is 5.86. The molecule has 28 heavy (non-hydrogen) atoms. The molecule has 2 rings (SSSR count). The van der Waals surface area contributed by atoms with Gasteiger partial charge in [-0.3, -0.25) is 4.79 Å². The molecule has 0 radical (unpaired) electrons. The molecule has 0 saturated heterocycles. The molecule has 152 valence electrons. The number of carbonyl (C=O) groups is 1. The minimum absolute atomic E-state index is 0.0521. The summed E-state index contributed by atoms with van der Waals surface area (Å²) in [4.78, 5) is 23.1. The van der Waals surface area contributed by atoms with Crippen LogP contribution in [0.25, 0.3) is 11.5 Å². The number of amides is 1. The number of guanidine groups is 1. The molecule has 0 saturated carbocycles. The lowest BCUT2D eigenvalue weighted by molar-refractivity contribution is -0.122. The summed E-state index contributed by atoms with van der Waals surface area (Å²) in [5.41, 5.74) is 2.59. The molecule has 0 aliphatic rings. The smallest absolute Gasteiger partial charge is 0.240 e. The maximum absolute atomic E-state index is 12.2. The van der Waals surface area contributed by atoms with Crippen molar-refractivity contribution in [1.29, 1.82) is 0 Å². The number of carbonyl (C=O) groups excluding carboxylic acids is 1. The van der Waals surface area contributed by atoms with Crippen molar-refractivity contribution in [3.8, 4) is 11.5 Å². The molecule has 0 aliphatic carbocycles. The second kappa shape index (κ2) is 9.39. The Morgan fingerprint density at radius 2 is 1.93 bits per heavy atom. The summed E-state index contributed by atoms with van der Waals surface area (Å²) in [6, 6.07) is 8.02. The van der Waals surface area contributed by atoms with E-state index in [9.17, 15) is 4.79 Å². The van der Waals surface area contributed by atoms with E-state index in [-0.39, 0.29) is 18.0 Å². The Kier molecular flexibility index (Phi) is 7.20. The second-order valence-corrected chi connectivity index (χ2v) is 7.83. The highest BCUT2D eigenvalue weighted by atomic mass is 16.3. The monoisotopic (exact) mass is 385 g/mol. The third-order valence-corrected chi connectivity index (χ3v) is 3.83. The van der Waals surface area contributed by atoms with Gasteiger partial charge in [0, 0.05) is 24.7 Å². The fourth-order valence-electron chi connectivity index (χ4n) is 2.58. The lowest BCUT2D eigenvalue weighted by Gasteiger charge is -2.25. The van der Waals surface area contributed by atoms with Crippen molar-refractivity contribution in [2.24, 2.45) is 4.99 Å². The first kappa shape index (κ1) is 21.5. The van der Waals surface area contributed by atoms with Gasteiger partial charge in [0.1, 0.15) is 12.0 Å². The van der Waals surface area contributed by atoms with Crippen LogP contribution in [0.3, 0.4) is 0 Å². The van der Waals surface area contributed by atoms with Crippen LogP contribution in [0.15, 0.2) is 39.9 Å². The lowest BCUT2D eigenvalue weighted by Crippen LogP contribution is -2.48. The van der Waals surface area contributed by atoms with Crippen LogP contribution in [0.2, 0.25) is 0 Å². The molecule has 0 fully saturated rings. The lowest BCUT2D eigenvalue weighted by atomic mass is 10.1. The van der Waals surface area contributed by atoms with Crippen molar-refractivity contribution in [2.75, 3.05) is 20.1 Å². The SMILES string of the molecule is CCNC(=NCc1coc(-c2ccc(C)cc2)n1)N(C)CC(=O)NC(C)(C)C. The topological polar surface area (TPSA) is 82.8 Å². The Hall–Kier alpha value is -2.83. The van der Waals surface area contributed by atoms with Crippen molar-refractivity contribution in [2.45, 2.75) is 46.7 Å². The highest BCUT2D eigenvalue weighted by Gasteiger charge is 2.17. The van der Waals surface area contributed by atoms with E-state index in [0.29, 0.717) is 24.9 Å². The van der Waals surface area contributed by atoms with E-state index in [2.05, 4.69) is 20.6 Å². The number of hydrogen-bond donors (Lipinski definition) is 2. The molecular formula is C21H31N5O2. The van der Waals surface area contributed by atoms with E-state index in [0.717, 1.165) is 11.3 Å². The Bertz CT molecular complexity index is 803. The zero-order chi connectivity index (χ0) is 20.7. The van der Waals surface area contributed by atoms with Crippen LogP contribution in [-0.2, 0) is 11.3 Å². The number of likely N-dealkylation sites (N-methyl/N-ethyl adjacent to an activating group) is 1. The van der Waals surface area contributed by atoms with Gasteiger partial charge >= 0.3 is 0 Å². The average Bonchev–Trinajstić information content (AvgIpc) is 3.06. The van der Waals surface area contributed by atoms with Gasteiger partial charge in [-0.2, -0.15) is 0 Å². The van der Waals surface area contributed by atoms with Gasteiger partial charge in [-0.1, -0.05) is 17.7 Å². The molecular weight excluding hydrogens is 354 g/mol. The van der Waals surface area contributed by atoms with Gasteiger partial charge in [0.05, 0.1) is 13.1 Å². The molecule has 1 aromatic carbocycles. The first-order chi connectivity index (χ1) is 13.2. The summed E-state index contributed by atoms with van der Waals surface area (Å²) in [5.74, 6) is 1.17. The Morgan fingerprint density at radius 1 is 1.25 bits per heavy atom. The average molecular weight is 386 g/mol. The normalized spacial score (nSPS) is 12.0. The number of aromatic nitrogens is 1. The van der Waals surface area contributed by atoms with E-state index < -0.39 is 0 Å². The minimum Gasteiger partial charge on any atom is -0.444 e. The van der Waals surface area contributed by atoms with Gasteiger partial charge in [0.25, 0.3) is 0 Å². The first-order valence-electron chi connectivity index (χ1n) is 9.50. The van der Waals surface area contributed by atoms with Crippen molar-refractivity contribution >= 4 is 11.9 Å². The fraction of sp³-hybridized carbons (Fsp3) is 0.476. The van der Waals surface area contributed by atoms with E-state index in [1.165, 1.54) is 5.56 Å². The van der Waals surface area contributed by atoms with E-state index in [1.807, 2.05) is 65.9 Å². The molecule has 7 heteroatoms. The third kappa shape index (κ3) is 6.72. The van der Waals surface area contributed by atoms with Gasteiger partial charge in [0.2, 0.25) is 11.8 Å². The summed E-state index contributed by atoms with van der Waals surface area (Å²) in [6.45, 7) is 11.2. The summed E-state index contributed by atoms with van der Waals surface area (Å²) in [7, 11) is 1.84. The fourth-order valence-corrected chi connectivity index (χ4v) is 2.58. The maximum Gasteiger partial charge on any atom is 0.240 e. The molecule has 0 aliphatic heterocycles. The summed E-state index contributed by atoms with van der Waals surface area (Å²) >= 11 is 0. The predicted octanol–water partition coefficient (Wildman–Crippen LogP) is 2.96. The molecule has 0 unspecified atom stereocenters. The van der Waals surface area contributed by atoms with Gasteiger partial charge in [-0.05, 0) is 46.8 Å². The zero-order valence-corrected chi connectivity index (χ0v) is 17.7. The van der Waals surface area contributed by atoms with Crippen LogP contribution in [-0.4, -0.2) is 47.4 Å². The first-order valence-corrected chi connectivity index (χ1v) is 9.50. The minimum atomic E-state index is -0.263. The Labute approximate surface area is 167 Å². The van der Waals surface area contributed by atoms with Crippen LogP contribution in [0.4, 0.5) is 0 Å². The summed E-state index contributed by atoms with van der Waals surface area (Å²) in [5, 5.41) is 6.16. The Balaban J connectivity index is 2.04. The predicted molar refractivity (Wildman–Crippen MR) is 112 cm³/mol. The van der Waals surface area contributed by atoms with Crippen LogP contribution >= 0.6 is 0 Å². The van der Waals surface area contributed by atoms with Crippen molar-refractivity contribution in [1.82, 2.24) is 20.5 Å². The second-order valence-electron chi connectivity index (χ2n) is 7.83. The molecule has 2 N–H and O–H groups in total. The van der Waals surface area contributed by atoms with Crippen LogP contribution < -0.4 is 10.6 Å². The quantitative estimate of drug-likeness (QED) is 0.590. The molecule has 2 aromatic rings. The van der Waals surface area contributed by atoms with E-state index >= 15 is 0 Å². The number of rotatable bonds is 6. The van der Waals surface area contributed by atoms with Crippen molar-refractivity contribution in [3.63, 3.8) is 0 Å². The molecule has 7 nitrogen and oxygen atoms in total. The number of aliphatic imine (C=N–C) groups is 1. The number of nitrogens with zero attached hydrogens (tertiary/aromatic N) is 3. The number of hydrogen-bond acceptors (Lipinski definition) is 4. The molecule has 0 atom stereocenters.